The van der Waals surface area contributed by atoms with Gasteiger partial charge in [-0.05, 0) is 51.5 Å². The fourth-order valence-electron chi connectivity index (χ4n) is 1.18. The van der Waals surface area contributed by atoms with Crippen molar-refractivity contribution >= 4 is 56.3 Å². The lowest BCUT2D eigenvalue weighted by molar-refractivity contribution is 0.0598. The van der Waals surface area contributed by atoms with Crippen LogP contribution in [0, 0.1) is 9.39 Å². The van der Waals surface area contributed by atoms with E-state index in [4.69, 9.17) is 5.73 Å². The summed E-state index contributed by atoms with van der Waals surface area (Å²) >= 11 is 6.61. The lowest BCUT2D eigenvalue weighted by atomic mass is 10.2. The number of carbonyl (C=O) groups excluding carboxylic acids is 1. The van der Waals surface area contributed by atoms with E-state index in [0.717, 1.165) is 0 Å². The van der Waals surface area contributed by atoms with E-state index in [1.165, 1.54) is 24.9 Å². The summed E-state index contributed by atoms with van der Waals surface area (Å²) in [6.45, 7) is 1.87. The van der Waals surface area contributed by atoms with Gasteiger partial charge in [-0.2, -0.15) is 0 Å². The lowest BCUT2D eigenvalue weighted by Gasteiger charge is -2.12. The minimum Gasteiger partial charge on any atom is -0.465 e. The topological polar surface area (TPSA) is 52.3 Å². The van der Waals surface area contributed by atoms with Crippen molar-refractivity contribution in [1.82, 2.24) is 0 Å². The first-order valence-corrected chi connectivity index (χ1v) is 7.88. The number of esters is 1. The molecule has 0 amide bonds. The summed E-state index contributed by atoms with van der Waals surface area (Å²) in [6.07, 6.45) is 0. The maximum atomic E-state index is 13.7. The molecule has 0 radical (unpaired) electrons. The third-order valence-corrected chi connectivity index (χ3v) is 5.93. The summed E-state index contributed by atoms with van der Waals surface area (Å²) in [6, 6.07) is 1.16. The maximum Gasteiger partial charge on any atom is 0.339 e. The molecule has 1 atom stereocenters. The van der Waals surface area contributed by atoms with E-state index in [9.17, 15) is 9.18 Å². The SMILES string of the molecule is COC(=O)c1cc(F)c(Br)c(SC[C@H](C)N)c1I. The number of rotatable bonds is 4. The van der Waals surface area contributed by atoms with Crippen LogP contribution in [0.15, 0.2) is 15.4 Å². The number of carbonyl (C=O) groups is 1. The Morgan fingerprint density at radius 3 is 2.83 bits per heavy atom. The Hall–Kier alpha value is 0.140. The van der Waals surface area contributed by atoms with Crippen LogP contribution in [0.3, 0.4) is 0 Å². The molecule has 3 nitrogen and oxygen atoms in total. The molecule has 100 valence electrons. The molecule has 0 saturated heterocycles. The molecule has 0 aliphatic rings. The number of methoxy groups -OCH3 is 1. The summed E-state index contributed by atoms with van der Waals surface area (Å²) in [5.41, 5.74) is 5.91. The quantitative estimate of drug-likeness (QED) is 0.332. The van der Waals surface area contributed by atoms with Crippen LogP contribution in [-0.2, 0) is 4.74 Å². The molecule has 2 N–H and O–H groups in total. The number of hydrogen-bond acceptors (Lipinski definition) is 4. The number of benzene rings is 1. The number of ether oxygens (including phenoxy) is 1. The van der Waals surface area contributed by atoms with Crippen LogP contribution < -0.4 is 5.73 Å². The van der Waals surface area contributed by atoms with Crippen LogP contribution in [0.4, 0.5) is 4.39 Å². The largest absolute Gasteiger partial charge is 0.465 e. The van der Waals surface area contributed by atoms with Gasteiger partial charge in [0.15, 0.2) is 0 Å². The Bertz CT molecular complexity index is 471. The van der Waals surface area contributed by atoms with Gasteiger partial charge in [0, 0.05) is 20.3 Å². The summed E-state index contributed by atoms with van der Waals surface area (Å²) in [7, 11) is 1.27. The Balaban J connectivity index is 3.22. The first-order chi connectivity index (χ1) is 8.38. The normalized spacial score (nSPS) is 12.3. The number of hydrogen-bond donors (Lipinski definition) is 1. The van der Waals surface area contributed by atoms with Crippen molar-refractivity contribution in [2.24, 2.45) is 5.73 Å². The predicted molar refractivity (Wildman–Crippen MR) is 82.5 cm³/mol. The van der Waals surface area contributed by atoms with Crippen molar-refractivity contribution in [2.45, 2.75) is 17.9 Å². The number of nitrogens with two attached hydrogens (primary N) is 1. The third-order valence-electron chi connectivity index (χ3n) is 2.01. The fourth-order valence-corrected chi connectivity index (χ4v) is 4.21. The van der Waals surface area contributed by atoms with Gasteiger partial charge in [0.25, 0.3) is 0 Å². The first kappa shape index (κ1) is 16.2. The molecule has 0 aliphatic carbocycles. The van der Waals surface area contributed by atoms with Gasteiger partial charge in [0.1, 0.15) is 5.82 Å². The van der Waals surface area contributed by atoms with E-state index in [-0.39, 0.29) is 11.6 Å². The van der Waals surface area contributed by atoms with E-state index in [0.29, 0.717) is 18.7 Å². The Labute approximate surface area is 131 Å². The minimum absolute atomic E-state index is 0.0115. The number of thioether (sulfide) groups is 1. The molecule has 0 spiro atoms. The van der Waals surface area contributed by atoms with Crippen molar-refractivity contribution in [3.63, 3.8) is 0 Å². The highest BCUT2D eigenvalue weighted by Gasteiger charge is 2.20. The van der Waals surface area contributed by atoms with E-state index >= 15 is 0 Å². The van der Waals surface area contributed by atoms with Gasteiger partial charge in [-0.1, -0.05) is 0 Å². The van der Waals surface area contributed by atoms with Gasteiger partial charge in [-0.3, -0.25) is 0 Å². The van der Waals surface area contributed by atoms with Crippen molar-refractivity contribution in [2.75, 3.05) is 12.9 Å². The standard InChI is InChI=1S/C11H12BrFINO2S/c1-5(15)4-18-10-8(12)7(13)3-6(9(10)14)11(16)17-2/h3,5H,4,15H2,1-2H3/t5-/m0/s1. The summed E-state index contributed by atoms with van der Waals surface area (Å²) < 4.78 is 19.4. The highest BCUT2D eigenvalue weighted by Crippen LogP contribution is 2.36. The lowest BCUT2D eigenvalue weighted by Crippen LogP contribution is -2.17. The molecule has 7 heteroatoms. The zero-order valence-electron chi connectivity index (χ0n) is 9.80. The van der Waals surface area contributed by atoms with Gasteiger partial charge in [0.2, 0.25) is 0 Å². The van der Waals surface area contributed by atoms with Crippen LogP contribution in [0.1, 0.15) is 17.3 Å². The fraction of sp³-hybridized carbons (Fsp3) is 0.364. The van der Waals surface area contributed by atoms with Gasteiger partial charge in [0.05, 0.1) is 17.1 Å². The van der Waals surface area contributed by atoms with Crippen LogP contribution in [0.25, 0.3) is 0 Å². The van der Waals surface area contributed by atoms with Crippen LogP contribution >= 0.6 is 50.3 Å². The molecular weight excluding hydrogens is 436 g/mol. The van der Waals surface area contributed by atoms with Crippen molar-refractivity contribution in [1.29, 1.82) is 0 Å². The molecule has 0 aromatic heterocycles. The van der Waals surface area contributed by atoms with E-state index < -0.39 is 11.8 Å². The molecule has 1 rings (SSSR count). The molecule has 0 fully saturated rings. The predicted octanol–water partition coefficient (Wildman–Crippen LogP) is 3.42. The van der Waals surface area contributed by atoms with Crippen molar-refractivity contribution in [3.8, 4) is 0 Å². The van der Waals surface area contributed by atoms with Crippen LogP contribution in [0.5, 0.6) is 0 Å². The number of halogens is 3. The Morgan fingerprint density at radius 2 is 2.33 bits per heavy atom. The molecular formula is C11H12BrFINO2S. The molecule has 0 bridgehead atoms. The Kier molecular flexibility index (Phi) is 6.36. The maximum absolute atomic E-state index is 13.7. The first-order valence-electron chi connectivity index (χ1n) is 5.02. The second-order valence-corrected chi connectivity index (χ2v) is 6.54. The van der Waals surface area contributed by atoms with Crippen molar-refractivity contribution in [3.05, 3.63) is 25.5 Å². The van der Waals surface area contributed by atoms with Gasteiger partial charge in [-0.15, -0.1) is 11.8 Å². The minimum atomic E-state index is -0.548. The zero-order chi connectivity index (χ0) is 13.9. The van der Waals surface area contributed by atoms with E-state index in [1.807, 2.05) is 29.5 Å². The van der Waals surface area contributed by atoms with Crippen LogP contribution in [0.2, 0.25) is 0 Å². The average Bonchev–Trinajstić information content (AvgIpc) is 2.32. The summed E-state index contributed by atoms with van der Waals surface area (Å²) in [5.74, 6) is -0.394. The zero-order valence-corrected chi connectivity index (χ0v) is 14.4. The highest BCUT2D eigenvalue weighted by molar-refractivity contribution is 14.1. The third kappa shape index (κ3) is 3.82. The smallest absolute Gasteiger partial charge is 0.339 e. The van der Waals surface area contributed by atoms with Gasteiger partial charge < -0.3 is 10.5 Å². The summed E-state index contributed by atoms with van der Waals surface area (Å²) in [4.78, 5) is 12.2. The Morgan fingerprint density at radius 1 is 1.72 bits per heavy atom. The monoisotopic (exact) mass is 447 g/mol. The van der Waals surface area contributed by atoms with E-state index in [2.05, 4.69) is 20.7 Å². The van der Waals surface area contributed by atoms with Gasteiger partial charge >= 0.3 is 5.97 Å². The van der Waals surface area contributed by atoms with Gasteiger partial charge in [-0.25, -0.2) is 9.18 Å². The van der Waals surface area contributed by atoms with E-state index in [1.54, 1.807) is 0 Å². The second kappa shape index (κ2) is 7.06. The molecule has 0 aliphatic heterocycles. The molecule has 0 saturated carbocycles. The molecule has 1 aromatic carbocycles. The second-order valence-electron chi connectivity index (χ2n) is 3.64. The molecule has 0 heterocycles. The average molecular weight is 448 g/mol. The van der Waals surface area contributed by atoms with Crippen molar-refractivity contribution < 1.29 is 13.9 Å². The molecule has 18 heavy (non-hydrogen) atoms. The van der Waals surface area contributed by atoms with Crippen LogP contribution in [-0.4, -0.2) is 24.9 Å². The summed E-state index contributed by atoms with van der Waals surface area (Å²) in [5, 5.41) is 0. The highest BCUT2D eigenvalue weighted by atomic mass is 127. The molecule has 0 unspecified atom stereocenters. The molecule has 1 aromatic rings.